The van der Waals surface area contributed by atoms with Crippen molar-refractivity contribution in [1.29, 1.82) is 0 Å². The van der Waals surface area contributed by atoms with E-state index in [0.717, 1.165) is 22.6 Å². The summed E-state index contributed by atoms with van der Waals surface area (Å²) >= 11 is 0. The molecule has 0 fully saturated rings. The fraction of sp³-hybridized carbons (Fsp3) is 0.261. The first kappa shape index (κ1) is 20.3. The van der Waals surface area contributed by atoms with Crippen LogP contribution in [0.2, 0.25) is 0 Å². The van der Waals surface area contributed by atoms with Crippen molar-refractivity contribution in [3.05, 3.63) is 77.7 Å². The van der Waals surface area contributed by atoms with Crippen molar-refractivity contribution in [1.82, 2.24) is 9.97 Å². The molecule has 1 aromatic heterocycles. The number of hydrogen-bond donors (Lipinski definition) is 2. The molecule has 3 rings (SSSR count). The predicted octanol–water partition coefficient (Wildman–Crippen LogP) is 4.65. The first-order chi connectivity index (χ1) is 13.9. The summed E-state index contributed by atoms with van der Waals surface area (Å²) in [4.78, 5) is 21.1. The molecule has 3 aromatic rings. The van der Waals surface area contributed by atoms with Crippen molar-refractivity contribution in [3.8, 4) is 5.75 Å². The van der Waals surface area contributed by atoms with Crippen LogP contribution in [0, 0.1) is 0 Å². The molecule has 0 aliphatic heterocycles. The molecule has 0 unspecified atom stereocenters. The van der Waals surface area contributed by atoms with E-state index < -0.39 is 0 Å². The molecular weight excluding hydrogens is 364 g/mol. The molecule has 0 radical (unpaired) electrons. The second-order valence-electron chi connectivity index (χ2n) is 7.74. The van der Waals surface area contributed by atoms with Crippen LogP contribution in [0.3, 0.4) is 0 Å². The molecule has 0 bridgehead atoms. The van der Waals surface area contributed by atoms with Crippen LogP contribution in [-0.2, 0) is 12.0 Å². The van der Waals surface area contributed by atoms with Crippen LogP contribution in [-0.4, -0.2) is 23.0 Å². The highest BCUT2D eigenvalue weighted by atomic mass is 16.5. The number of nitrogens with one attached hydrogen (secondary N) is 2. The average molecular weight is 390 g/mol. The monoisotopic (exact) mass is 390 g/mol. The molecule has 0 saturated heterocycles. The van der Waals surface area contributed by atoms with Crippen LogP contribution in [0.4, 0.5) is 11.5 Å². The molecule has 0 saturated carbocycles. The summed E-state index contributed by atoms with van der Waals surface area (Å²) in [5, 5.41) is 6.20. The zero-order valence-electron chi connectivity index (χ0n) is 17.2. The number of rotatable bonds is 6. The number of hydrogen-bond acceptors (Lipinski definition) is 5. The first-order valence-corrected chi connectivity index (χ1v) is 9.46. The number of ether oxygens (including phenoxy) is 1. The molecular formula is C23H26N4O2. The Morgan fingerprint density at radius 3 is 2.45 bits per heavy atom. The van der Waals surface area contributed by atoms with Gasteiger partial charge in [0.05, 0.1) is 7.11 Å². The summed E-state index contributed by atoms with van der Waals surface area (Å²) < 4.78 is 5.17. The van der Waals surface area contributed by atoms with E-state index in [1.54, 1.807) is 13.2 Å². The second kappa shape index (κ2) is 8.73. The van der Waals surface area contributed by atoms with Gasteiger partial charge in [-0.25, -0.2) is 9.97 Å². The van der Waals surface area contributed by atoms with E-state index in [0.29, 0.717) is 18.1 Å². The summed E-state index contributed by atoms with van der Waals surface area (Å²) in [7, 11) is 1.64. The molecule has 2 aromatic carbocycles. The van der Waals surface area contributed by atoms with E-state index in [-0.39, 0.29) is 11.3 Å². The summed E-state index contributed by atoms with van der Waals surface area (Å²) in [6, 6.07) is 17.2. The summed E-state index contributed by atoms with van der Waals surface area (Å²) in [5.74, 6) is 1.13. The molecule has 1 amide bonds. The lowest BCUT2D eigenvalue weighted by molar-refractivity contribution is 0.102. The minimum Gasteiger partial charge on any atom is -0.497 e. The third kappa shape index (κ3) is 5.31. The van der Waals surface area contributed by atoms with Crippen molar-refractivity contribution in [2.45, 2.75) is 32.7 Å². The molecule has 6 heteroatoms. The largest absolute Gasteiger partial charge is 0.497 e. The van der Waals surface area contributed by atoms with E-state index in [1.165, 1.54) is 6.33 Å². The second-order valence-corrected chi connectivity index (χ2v) is 7.74. The van der Waals surface area contributed by atoms with Gasteiger partial charge in [-0.3, -0.25) is 4.79 Å². The zero-order chi connectivity index (χ0) is 20.9. The van der Waals surface area contributed by atoms with Gasteiger partial charge >= 0.3 is 0 Å². The fourth-order valence-corrected chi connectivity index (χ4v) is 2.95. The third-order valence-corrected chi connectivity index (χ3v) is 4.52. The maximum absolute atomic E-state index is 12.7. The number of nitrogens with zero attached hydrogens (tertiary/aromatic N) is 2. The normalized spacial score (nSPS) is 11.0. The lowest BCUT2D eigenvalue weighted by Crippen LogP contribution is -2.19. The molecule has 0 atom stereocenters. The molecule has 0 spiro atoms. The minimum absolute atomic E-state index is 0.0827. The highest BCUT2D eigenvalue weighted by Crippen LogP contribution is 2.29. The molecule has 1 heterocycles. The topological polar surface area (TPSA) is 76.1 Å². The van der Waals surface area contributed by atoms with E-state index in [2.05, 4.69) is 41.4 Å². The molecule has 2 N–H and O–H groups in total. The van der Waals surface area contributed by atoms with E-state index in [9.17, 15) is 4.79 Å². The number of amides is 1. The van der Waals surface area contributed by atoms with Crippen molar-refractivity contribution >= 4 is 17.4 Å². The number of anilines is 2. The van der Waals surface area contributed by atoms with Crippen LogP contribution in [0.15, 0.2) is 60.9 Å². The minimum atomic E-state index is -0.267. The summed E-state index contributed by atoms with van der Waals surface area (Å²) in [5.41, 5.74) is 3.16. The third-order valence-electron chi connectivity index (χ3n) is 4.52. The van der Waals surface area contributed by atoms with Crippen LogP contribution in [0.1, 0.15) is 42.4 Å². The van der Waals surface area contributed by atoms with Crippen molar-refractivity contribution in [2.24, 2.45) is 0 Å². The van der Waals surface area contributed by atoms with Crippen LogP contribution >= 0.6 is 0 Å². The Kier molecular flexibility index (Phi) is 6.12. The average Bonchev–Trinajstić information content (AvgIpc) is 2.72. The fourth-order valence-electron chi connectivity index (χ4n) is 2.95. The van der Waals surface area contributed by atoms with Crippen molar-refractivity contribution in [3.63, 3.8) is 0 Å². The number of carbonyl (C=O) groups is 1. The number of para-hydroxylation sites is 1. The number of benzene rings is 2. The van der Waals surface area contributed by atoms with Crippen LogP contribution < -0.4 is 15.4 Å². The van der Waals surface area contributed by atoms with Crippen molar-refractivity contribution < 1.29 is 9.53 Å². The van der Waals surface area contributed by atoms with Crippen LogP contribution in [0.5, 0.6) is 5.75 Å². The van der Waals surface area contributed by atoms with Gasteiger partial charge in [0.1, 0.15) is 23.6 Å². The number of aromatic nitrogens is 2. The maximum Gasteiger partial charge on any atom is 0.274 e. The highest BCUT2D eigenvalue weighted by Gasteiger charge is 2.19. The van der Waals surface area contributed by atoms with Gasteiger partial charge in [-0.2, -0.15) is 0 Å². The SMILES string of the molecule is COc1ccc(CNc2cc(C(=O)Nc3ccccc3C(C)(C)C)ncn2)cc1. The Bertz CT molecular complexity index is 979. The number of carbonyl (C=O) groups excluding carboxylic acids is 1. The lowest BCUT2D eigenvalue weighted by atomic mass is 9.86. The van der Waals surface area contributed by atoms with E-state index in [1.807, 2.05) is 48.5 Å². The van der Waals surface area contributed by atoms with Crippen LogP contribution in [0.25, 0.3) is 0 Å². The van der Waals surface area contributed by atoms with E-state index in [4.69, 9.17) is 4.74 Å². The Morgan fingerprint density at radius 1 is 1.03 bits per heavy atom. The lowest BCUT2D eigenvalue weighted by Gasteiger charge is -2.22. The maximum atomic E-state index is 12.7. The summed E-state index contributed by atoms with van der Waals surface area (Å²) in [6.07, 6.45) is 1.39. The predicted molar refractivity (Wildman–Crippen MR) is 115 cm³/mol. The van der Waals surface area contributed by atoms with Gasteiger partial charge in [-0.05, 0) is 34.7 Å². The van der Waals surface area contributed by atoms with Gasteiger partial charge in [0.2, 0.25) is 0 Å². The van der Waals surface area contributed by atoms with Gasteiger partial charge in [-0.15, -0.1) is 0 Å². The van der Waals surface area contributed by atoms with Gasteiger partial charge in [0, 0.05) is 18.3 Å². The molecule has 0 aliphatic rings. The standard InChI is InChI=1S/C23H26N4O2/c1-23(2,3)18-7-5-6-8-19(18)27-22(28)20-13-21(26-15-25-20)24-14-16-9-11-17(29-4)12-10-16/h5-13,15H,14H2,1-4H3,(H,27,28)(H,24,25,26). The summed E-state index contributed by atoms with van der Waals surface area (Å²) in [6.45, 7) is 6.92. The molecule has 0 aliphatic carbocycles. The Hall–Kier alpha value is -3.41. The van der Waals surface area contributed by atoms with Gasteiger partial charge in [0.25, 0.3) is 5.91 Å². The van der Waals surface area contributed by atoms with Gasteiger partial charge < -0.3 is 15.4 Å². The molecule has 6 nitrogen and oxygen atoms in total. The molecule has 150 valence electrons. The van der Waals surface area contributed by atoms with Gasteiger partial charge in [0.15, 0.2) is 0 Å². The zero-order valence-corrected chi connectivity index (χ0v) is 17.2. The van der Waals surface area contributed by atoms with Gasteiger partial charge in [-0.1, -0.05) is 51.1 Å². The van der Waals surface area contributed by atoms with Crippen molar-refractivity contribution in [2.75, 3.05) is 17.7 Å². The first-order valence-electron chi connectivity index (χ1n) is 9.46. The highest BCUT2D eigenvalue weighted by molar-refractivity contribution is 6.03. The Labute approximate surface area is 171 Å². The Balaban J connectivity index is 1.70. The smallest absolute Gasteiger partial charge is 0.274 e. The number of methoxy groups -OCH3 is 1. The molecule has 29 heavy (non-hydrogen) atoms. The van der Waals surface area contributed by atoms with E-state index >= 15 is 0 Å². The Morgan fingerprint density at radius 2 is 1.76 bits per heavy atom. The quantitative estimate of drug-likeness (QED) is 0.641.